The van der Waals surface area contributed by atoms with Gasteiger partial charge in [0.2, 0.25) is 0 Å². The molecule has 28 heavy (non-hydrogen) atoms. The first-order valence-electron chi connectivity index (χ1n) is 8.62. The summed E-state index contributed by atoms with van der Waals surface area (Å²) in [6.07, 6.45) is 1.67. The van der Waals surface area contributed by atoms with Gasteiger partial charge in [0.15, 0.2) is 5.82 Å². The quantitative estimate of drug-likeness (QED) is 0.431. The van der Waals surface area contributed by atoms with Crippen LogP contribution in [0.25, 0.3) is 10.8 Å². The molecule has 7 heteroatoms. The van der Waals surface area contributed by atoms with Gasteiger partial charge in [0.25, 0.3) is 0 Å². The van der Waals surface area contributed by atoms with Crippen molar-refractivity contribution in [2.75, 3.05) is 10.6 Å². The van der Waals surface area contributed by atoms with E-state index in [0.717, 1.165) is 16.3 Å². The predicted molar refractivity (Wildman–Crippen MR) is 114 cm³/mol. The Morgan fingerprint density at radius 3 is 2.50 bits per heavy atom. The van der Waals surface area contributed by atoms with Crippen molar-refractivity contribution in [3.8, 4) is 0 Å². The summed E-state index contributed by atoms with van der Waals surface area (Å²) in [5.74, 6) is 0.299. The molecule has 0 aliphatic carbocycles. The van der Waals surface area contributed by atoms with Gasteiger partial charge in [-0.25, -0.2) is 4.79 Å². The number of anilines is 2. The Labute approximate surface area is 171 Å². The smallest absolute Gasteiger partial charge is 0.307 e. The Balaban J connectivity index is 1.47. The van der Waals surface area contributed by atoms with Crippen molar-refractivity contribution in [2.45, 2.75) is 6.54 Å². The molecule has 0 bridgehead atoms. The van der Waals surface area contributed by atoms with Crippen molar-refractivity contribution in [1.29, 1.82) is 0 Å². The molecule has 1 heterocycles. The number of carbonyl (C=O) groups is 1. The van der Waals surface area contributed by atoms with E-state index in [-0.39, 0.29) is 0 Å². The van der Waals surface area contributed by atoms with E-state index in [4.69, 9.17) is 23.2 Å². The van der Waals surface area contributed by atoms with E-state index in [2.05, 4.69) is 15.7 Å². The second kappa shape index (κ2) is 7.92. The van der Waals surface area contributed by atoms with Gasteiger partial charge in [-0.15, -0.1) is 0 Å². The maximum absolute atomic E-state index is 12.4. The molecule has 4 rings (SSSR count). The molecule has 0 saturated heterocycles. The number of benzene rings is 3. The Bertz CT molecular complexity index is 1130. The van der Waals surface area contributed by atoms with Crippen LogP contribution < -0.4 is 10.6 Å². The first kappa shape index (κ1) is 18.3. The number of aromatic nitrogens is 2. The van der Waals surface area contributed by atoms with Gasteiger partial charge in [-0.1, -0.05) is 71.7 Å². The molecular formula is C21H16Cl2N4O. The van der Waals surface area contributed by atoms with Crippen molar-refractivity contribution in [1.82, 2.24) is 9.78 Å². The van der Waals surface area contributed by atoms with Crippen LogP contribution >= 0.6 is 23.2 Å². The van der Waals surface area contributed by atoms with Crippen molar-refractivity contribution in [2.24, 2.45) is 0 Å². The van der Waals surface area contributed by atoms with Gasteiger partial charge >= 0.3 is 6.03 Å². The molecule has 0 spiro atoms. The van der Waals surface area contributed by atoms with E-state index >= 15 is 0 Å². The summed E-state index contributed by atoms with van der Waals surface area (Å²) in [7, 11) is 0. The third-order valence-electron chi connectivity index (χ3n) is 4.24. The lowest BCUT2D eigenvalue weighted by molar-refractivity contribution is 0.262. The summed E-state index contributed by atoms with van der Waals surface area (Å²) in [5, 5.41) is 13.0. The number of carbonyl (C=O) groups excluding carboxylic acids is 1. The van der Waals surface area contributed by atoms with Crippen molar-refractivity contribution >= 4 is 51.5 Å². The van der Waals surface area contributed by atoms with Crippen molar-refractivity contribution in [3.05, 3.63) is 88.5 Å². The van der Waals surface area contributed by atoms with Gasteiger partial charge in [-0.2, -0.15) is 5.10 Å². The summed E-state index contributed by atoms with van der Waals surface area (Å²) < 4.78 is 1.67. The number of nitrogens with zero attached hydrogens (tertiary/aromatic N) is 2. The van der Waals surface area contributed by atoms with Crippen LogP contribution in [0.3, 0.4) is 0 Å². The molecule has 2 N–H and O–H groups in total. The molecule has 1 aromatic heterocycles. The minimum Gasteiger partial charge on any atom is -0.307 e. The van der Waals surface area contributed by atoms with E-state index in [9.17, 15) is 4.79 Å². The van der Waals surface area contributed by atoms with Gasteiger partial charge in [0.1, 0.15) is 5.02 Å². The zero-order chi connectivity index (χ0) is 19.5. The molecule has 0 radical (unpaired) electrons. The highest BCUT2D eigenvalue weighted by Crippen LogP contribution is 2.24. The minimum atomic E-state index is -0.407. The Kier molecular flexibility index (Phi) is 5.19. The molecule has 0 aliphatic rings. The molecule has 0 unspecified atom stereocenters. The number of urea groups is 1. The number of nitrogens with one attached hydrogen (secondary N) is 2. The Morgan fingerprint density at radius 2 is 1.68 bits per heavy atom. The molecule has 3 aromatic carbocycles. The number of amides is 2. The van der Waals surface area contributed by atoms with Crippen LogP contribution in [0.2, 0.25) is 10.0 Å². The summed E-state index contributed by atoms with van der Waals surface area (Å²) in [5.41, 5.74) is 1.74. The fourth-order valence-electron chi connectivity index (χ4n) is 2.94. The maximum atomic E-state index is 12.4. The number of halogens is 2. The molecule has 0 fully saturated rings. The van der Waals surface area contributed by atoms with Gasteiger partial charge in [0, 0.05) is 16.6 Å². The minimum absolute atomic E-state index is 0.299. The molecule has 4 aromatic rings. The monoisotopic (exact) mass is 410 g/mol. The summed E-state index contributed by atoms with van der Waals surface area (Å²) in [4.78, 5) is 12.4. The zero-order valence-corrected chi connectivity index (χ0v) is 16.2. The highest BCUT2D eigenvalue weighted by Gasteiger charge is 2.12. The molecule has 5 nitrogen and oxygen atoms in total. The highest BCUT2D eigenvalue weighted by atomic mass is 35.5. The second-order valence-corrected chi connectivity index (χ2v) is 7.10. The van der Waals surface area contributed by atoms with Crippen LogP contribution in [0.15, 0.2) is 72.9 Å². The third kappa shape index (κ3) is 4.11. The molecule has 2 amide bonds. The van der Waals surface area contributed by atoms with Gasteiger partial charge in [-0.05, 0) is 29.1 Å². The number of hydrogen-bond acceptors (Lipinski definition) is 2. The Hall–Kier alpha value is -3.02. The van der Waals surface area contributed by atoms with Crippen LogP contribution in [0, 0.1) is 0 Å². The standard InChI is InChI=1S/C21H16Cl2N4O/c22-16-10-8-14(9-11-16)12-27-13-18(23)20(26-27)25-21(28)24-19-7-3-5-15-4-1-2-6-17(15)19/h1-11,13H,12H2,(H2,24,25,26,28). The topological polar surface area (TPSA) is 59.0 Å². The highest BCUT2D eigenvalue weighted by molar-refractivity contribution is 6.33. The molecule has 140 valence electrons. The first-order valence-corrected chi connectivity index (χ1v) is 9.37. The molecule has 0 atom stereocenters. The van der Waals surface area contributed by atoms with Crippen LogP contribution in [0.5, 0.6) is 0 Å². The van der Waals surface area contributed by atoms with Gasteiger partial charge in [-0.3, -0.25) is 10.00 Å². The maximum Gasteiger partial charge on any atom is 0.324 e. The lowest BCUT2D eigenvalue weighted by atomic mass is 10.1. The Morgan fingerprint density at radius 1 is 0.929 bits per heavy atom. The van der Waals surface area contributed by atoms with E-state index in [1.165, 1.54) is 0 Å². The number of rotatable bonds is 4. The van der Waals surface area contributed by atoms with E-state index in [1.807, 2.05) is 66.7 Å². The first-order chi connectivity index (χ1) is 13.6. The molecular weight excluding hydrogens is 395 g/mol. The average molecular weight is 411 g/mol. The zero-order valence-electron chi connectivity index (χ0n) is 14.7. The molecule has 0 saturated carbocycles. The van der Waals surface area contributed by atoms with Crippen LogP contribution in [0.1, 0.15) is 5.56 Å². The van der Waals surface area contributed by atoms with Crippen molar-refractivity contribution < 1.29 is 4.79 Å². The normalized spacial score (nSPS) is 10.8. The number of hydrogen-bond donors (Lipinski definition) is 2. The largest absolute Gasteiger partial charge is 0.324 e. The van der Waals surface area contributed by atoms with E-state index in [0.29, 0.717) is 28.1 Å². The van der Waals surface area contributed by atoms with Gasteiger partial charge < -0.3 is 5.32 Å². The third-order valence-corrected chi connectivity index (χ3v) is 4.77. The lowest BCUT2D eigenvalue weighted by Gasteiger charge is -2.09. The summed E-state index contributed by atoms with van der Waals surface area (Å²) >= 11 is 12.1. The summed E-state index contributed by atoms with van der Waals surface area (Å²) in [6, 6.07) is 20.6. The van der Waals surface area contributed by atoms with Crippen molar-refractivity contribution in [3.63, 3.8) is 0 Å². The second-order valence-electron chi connectivity index (χ2n) is 6.26. The van der Waals surface area contributed by atoms with Gasteiger partial charge in [0.05, 0.1) is 12.2 Å². The van der Waals surface area contributed by atoms with Crippen LogP contribution in [-0.2, 0) is 6.54 Å². The molecule has 0 aliphatic heterocycles. The fraction of sp³-hybridized carbons (Fsp3) is 0.0476. The summed E-state index contributed by atoms with van der Waals surface area (Å²) in [6.45, 7) is 0.517. The lowest BCUT2D eigenvalue weighted by Crippen LogP contribution is -2.20. The SMILES string of the molecule is O=C(Nc1nn(Cc2ccc(Cl)cc2)cc1Cl)Nc1cccc2ccccc12. The fourth-order valence-corrected chi connectivity index (χ4v) is 3.26. The predicted octanol–water partition coefficient (Wildman–Crippen LogP) is 6.04. The van der Waals surface area contributed by atoms with Crippen LogP contribution in [-0.4, -0.2) is 15.8 Å². The van der Waals surface area contributed by atoms with E-state index < -0.39 is 6.03 Å². The number of fused-ring (bicyclic) bond motifs is 1. The van der Waals surface area contributed by atoms with Crippen LogP contribution in [0.4, 0.5) is 16.3 Å². The average Bonchev–Trinajstić information content (AvgIpc) is 3.02. The van der Waals surface area contributed by atoms with E-state index in [1.54, 1.807) is 10.9 Å².